The van der Waals surface area contributed by atoms with Gasteiger partial charge in [-0.2, -0.15) is 5.26 Å². The minimum atomic E-state index is 0.575. The molecule has 2 aromatic carbocycles. The van der Waals surface area contributed by atoms with Crippen LogP contribution in [-0.2, 0) is 0 Å². The first-order chi connectivity index (χ1) is 9.53. The third kappa shape index (κ3) is 3.24. The molecule has 0 aliphatic heterocycles. The highest BCUT2D eigenvalue weighted by Gasteiger charge is 2.08. The van der Waals surface area contributed by atoms with Crippen LogP contribution in [0.25, 0.3) is 0 Å². The van der Waals surface area contributed by atoms with Crippen LogP contribution in [0.15, 0.2) is 34.8 Å². The van der Waals surface area contributed by atoms with E-state index in [0.29, 0.717) is 16.3 Å². The average molecular weight is 352 g/mol. The van der Waals surface area contributed by atoms with E-state index in [1.807, 2.05) is 19.1 Å². The minimum absolute atomic E-state index is 0.575. The summed E-state index contributed by atoms with van der Waals surface area (Å²) in [4.78, 5) is 0. The standard InChI is InChI=1S/C15H12BrClN2O/c1-9-3-14(15(20-2)7-13(9)17)19-12-5-10(8-18)4-11(16)6-12/h3-7,19H,1-2H3. The van der Waals surface area contributed by atoms with E-state index in [0.717, 1.165) is 21.4 Å². The number of methoxy groups -OCH3 is 1. The topological polar surface area (TPSA) is 45.0 Å². The number of aryl methyl sites for hydroxylation is 1. The summed E-state index contributed by atoms with van der Waals surface area (Å²) >= 11 is 9.47. The van der Waals surface area contributed by atoms with Gasteiger partial charge in [-0.3, -0.25) is 0 Å². The molecule has 0 radical (unpaired) electrons. The molecule has 0 spiro atoms. The number of benzene rings is 2. The highest BCUT2D eigenvalue weighted by Crippen LogP contribution is 2.33. The Hall–Kier alpha value is -1.70. The predicted octanol–water partition coefficient (Wildman–Crippen LogP) is 5.03. The van der Waals surface area contributed by atoms with Crippen LogP contribution in [0.2, 0.25) is 5.02 Å². The number of nitrogens with zero attached hydrogens (tertiary/aromatic N) is 1. The summed E-state index contributed by atoms with van der Waals surface area (Å²) in [5.74, 6) is 0.652. The molecular formula is C15H12BrClN2O. The van der Waals surface area contributed by atoms with Gasteiger partial charge < -0.3 is 10.1 Å². The van der Waals surface area contributed by atoms with Crippen LogP contribution >= 0.6 is 27.5 Å². The molecular weight excluding hydrogens is 340 g/mol. The fourth-order valence-corrected chi connectivity index (χ4v) is 2.46. The van der Waals surface area contributed by atoms with Gasteiger partial charge in [0.1, 0.15) is 5.75 Å². The summed E-state index contributed by atoms with van der Waals surface area (Å²) in [6.07, 6.45) is 0. The van der Waals surface area contributed by atoms with Crippen molar-refractivity contribution in [1.82, 2.24) is 0 Å². The lowest BCUT2D eigenvalue weighted by atomic mass is 10.1. The zero-order valence-electron chi connectivity index (χ0n) is 11.0. The molecule has 0 saturated heterocycles. The molecule has 0 fully saturated rings. The van der Waals surface area contributed by atoms with Crippen molar-refractivity contribution in [2.75, 3.05) is 12.4 Å². The summed E-state index contributed by atoms with van der Waals surface area (Å²) in [5.41, 5.74) is 3.13. The molecule has 0 bridgehead atoms. The first-order valence-corrected chi connectivity index (χ1v) is 7.02. The fourth-order valence-electron chi connectivity index (χ4n) is 1.81. The van der Waals surface area contributed by atoms with Crippen LogP contribution in [0.3, 0.4) is 0 Å². The number of hydrogen-bond acceptors (Lipinski definition) is 3. The van der Waals surface area contributed by atoms with Gasteiger partial charge in [-0.25, -0.2) is 0 Å². The monoisotopic (exact) mass is 350 g/mol. The lowest BCUT2D eigenvalue weighted by molar-refractivity contribution is 0.417. The number of nitrogens with one attached hydrogen (secondary N) is 1. The lowest BCUT2D eigenvalue weighted by Gasteiger charge is -2.13. The molecule has 0 heterocycles. The minimum Gasteiger partial charge on any atom is -0.495 e. The summed E-state index contributed by atoms with van der Waals surface area (Å²) in [5, 5.41) is 12.9. The fraction of sp³-hybridized carbons (Fsp3) is 0.133. The smallest absolute Gasteiger partial charge is 0.143 e. The molecule has 3 nitrogen and oxygen atoms in total. The highest BCUT2D eigenvalue weighted by atomic mass is 79.9. The summed E-state index contributed by atoms with van der Waals surface area (Å²) in [6.45, 7) is 1.93. The van der Waals surface area contributed by atoms with Crippen LogP contribution in [0.5, 0.6) is 5.75 Å². The van der Waals surface area contributed by atoms with Crippen molar-refractivity contribution in [3.63, 3.8) is 0 Å². The SMILES string of the molecule is COc1cc(Cl)c(C)cc1Nc1cc(Br)cc(C#N)c1. The number of ether oxygens (including phenoxy) is 1. The van der Waals surface area contributed by atoms with E-state index in [2.05, 4.69) is 27.3 Å². The molecule has 0 amide bonds. The Bertz CT molecular complexity index is 695. The van der Waals surface area contributed by atoms with E-state index in [4.69, 9.17) is 21.6 Å². The van der Waals surface area contributed by atoms with Crippen LogP contribution in [-0.4, -0.2) is 7.11 Å². The maximum atomic E-state index is 8.99. The Labute approximate surface area is 131 Å². The van der Waals surface area contributed by atoms with Crippen molar-refractivity contribution in [2.24, 2.45) is 0 Å². The third-order valence-electron chi connectivity index (χ3n) is 2.79. The second kappa shape index (κ2) is 6.17. The van der Waals surface area contributed by atoms with E-state index >= 15 is 0 Å². The first-order valence-electron chi connectivity index (χ1n) is 5.85. The van der Waals surface area contributed by atoms with E-state index in [1.54, 1.807) is 25.3 Å². The van der Waals surface area contributed by atoms with Gasteiger partial charge in [0.2, 0.25) is 0 Å². The molecule has 1 N–H and O–H groups in total. The highest BCUT2D eigenvalue weighted by molar-refractivity contribution is 9.10. The van der Waals surface area contributed by atoms with Gasteiger partial charge in [0, 0.05) is 21.2 Å². The van der Waals surface area contributed by atoms with Crippen molar-refractivity contribution >= 4 is 38.9 Å². The van der Waals surface area contributed by atoms with Gasteiger partial charge >= 0.3 is 0 Å². The molecule has 102 valence electrons. The number of anilines is 2. The molecule has 0 aliphatic carbocycles. The summed E-state index contributed by atoms with van der Waals surface area (Å²) in [7, 11) is 1.59. The van der Waals surface area contributed by atoms with E-state index < -0.39 is 0 Å². The van der Waals surface area contributed by atoms with Crippen molar-refractivity contribution in [1.29, 1.82) is 5.26 Å². The second-order valence-corrected chi connectivity index (χ2v) is 5.59. The number of nitriles is 1. The molecule has 0 saturated carbocycles. The van der Waals surface area contributed by atoms with Crippen LogP contribution < -0.4 is 10.1 Å². The Morgan fingerprint density at radius 2 is 2.00 bits per heavy atom. The lowest BCUT2D eigenvalue weighted by Crippen LogP contribution is -1.96. The molecule has 20 heavy (non-hydrogen) atoms. The molecule has 5 heteroatoms. The van der Waals surface area contributed by atoms with E-state index in [-0.39, 0.29) is 0 Å². The third-order valence-corrected chi connectivity index (χ3v) is 3.65. The van der Waals surface area contributed by atoms with Gasteiger partial charge in [-0.15, -0.1) is 0 Å². The number of rotatable bonds is 3. The quantitative estimate of drug-likeness (QED) is 0.843. The molecule has 0 aromatic heterocycles. The number of hydrogen-bond donors (Lipinski definition) is 1. The average Bonchev–Trinajstić information content (AvgIpc) is 2.42. The number of halogens is 2. The first kappa shape index (κ1) is 14.7. The van der Waals surface area contributed by atoms with Crippen LogP contribution in [0.4, 0.5) is 11.4 Å². The van der Waals surface area contributed by atoms with Crippen molar-refractivity contribution in [3.05, 3.63) is 51.0 Å². The van der Waals surface area contributed by atoms with Gasteiger partial charge in [-0.05, 0) is 36.8 Å². The van der Waals surface area contributed by atoms with Gasteiger partial charge in [-0.1, -0.05) is 27.5 Å². The van der Waals surface area contributed by atoms with E-state index in [9.17, 15) is 0 Å². The van der Waals surface area contributed by atoms with Gasteiger partial charge in [0.15, 0.2) is 0 Å². The van der Waals surface area contributed by atoms with Crippen LogP contribution in [0.1, 0.15) is 11.1 Å². The van der Waals surface area contributed by atoms with Gasteiger partial charge in [0.25, 0.3) is 0 Å². The van der Waals surface area contributed by atoms with Crippen LogP contribution in [0, 0.1) is 18.3 Å². The maximum absolute atomic E-state index is 8.99. The van der Waals surface area contributed by atoms with Crippen molar-refractivity contribution in [2.45, 2.75) is 6.92 Å². The summed E-state index contributed by atoms with van der Waals surface area (Å²) in [6, 6.07) is 11.2. The van der Waals surface area contributed by atoms with Crippen molar-refractivity contribution in [3.8, 4) is 11.8 Å². The Kier molecular flexibility index (Phi) is 4.53. The zero-order valence-corrected chi connectivity index (χ0v) is 13.3. The molecule has 0 unspecified atom stereocenters. The second-order valence-electron chi connectivity index (χ2n) is 4.27. The molecule has 2 rings (SSSR count). The molecule has 0 aliphatic rings. The zero-order chi connectivity index (χ0) is 14.7. The Morgan fingerprint density at radius 3 is 2.65 bits per heavy atom. The molecule has 2 aromatic rings. The normalized spacial score (nSPS) is 9.95. The Morgan fingerprint density at radius 1 is 1.25 bits per heavy atom. The largest absolute Gasteiger partial charge is 0.495 e. The molecule has 0 atom stereocenters. The van der Waals surface area contributed by atoms with E-state index in [1.165, 1.54) is 0 Å². The maximum Gasteiger partial charge on any atom is 0.143 e. The summed E-state index contributed by atoms with van der Waals surface area (Å²) < 4.78 is 6.15. The Balaban J connectivity index is 2.42. The predicted molar refractivity (Wildman–Crippen MR) is 84.9 cm³/mol. The van der Waals surface area contributed by atoms with Gasteiger partial charge in [0.05, 0.1) is 24.4 Å². The van der Waals surface area contributed by atoms with Crippen molar-refractivity contribution < 1.29 is 4.74 Å².